The first-order valence-corrected chi connectivity index (χ1v) is 6.97. The maximum atomic E-state index is 12.1. The van der Waals surface area contributed by atoms with Crippen LogP contribution in [0, 0.1) is 0 Å². The topological polar surface area (TPSA) is 69.8 Å². The third-order valence-corrected chi connectivity index (χ3v) is 3.59. The second-order valence-corrected chi connectivity index (χ2v) is 5.04. The fourth-order valence-electron chi connectivity index (χ4n) is 2.45. The lowest BCUT2D eigenvalue weighted by Gasteiger charge is -2.22. The summed E-state index contributed by atoms with van der Waals surface area (Å²) in [7, 11) is 0. The van der Waals surface area contributed by atoms with Gasteiger partial charge in [0.2, 0.25) is 5.91 Å². The molecule has 21 heavy (non-hydrogen) atoms. The van der Waals surface area contributed by atoms with Crippen LogP contribution in [0.3, 0.4) is 0 Å². The fraction of sp³-hybridized carbons (Fsp3) is 0.333. The van der Waals surface area contributed by atoms with Gasteiger partial charge in [-0.2, -0.15) is 5.10 Å². The summed E-state index contributed by atoms with van der Waals surface area (Å²) in [5, 5.41) is 13.0. The van der Waals surface area contributed by atoms with E-state index in [1.807, 2.05) is 30.3 Å². The van der Waals surface area contributed by atoms with E-state index >= 15 is 0 Å². The molecule has 3 rings (SSSR count). The van der Waals surface area contributed by atoms with Gasteiger partial charge in [0.15, 0.2) is 0 Å². The standard InChI is InChI=1S/C15H18N4O.ClH/c20-15(14-3-1-2-9-16-14)18-12-6-4-11(5-7-12)13-8-10-17-19-13;/h4-8,10,14,16H,1-3,9H2,(H,17,19)(H,18,20);1H. The summed E-state index contributed by atoms with van der Waals surface area (Å²) < 4.78 is 0. The average Bonchev–Trinajstić information content (AvgIpc) is 3.03. The number of carbonyl (C=O) groups is 1. The van der Waals surface area contributed by atoms with Crippen molar-refractivity contribution in [1.82, 2.24) is 15.5 Å². The lowest BCUT2D eigenvalue weighted by atomic mass is 10.0. The highest BCUT2D eigenvalue weighted by molar-refractivity contribution is 5.95. The second kappa shape index (κ2) is 7.24. The maximum Gasteiger partial charge on any atom is 0.241 e. The predicted molar refractivity (Wildman–Crippen MR) is 85.5 cm³/mol. The van der Waals surface area contributed by atoms with Gasteiger partial charge in [-0.1, -0.05) is 18.6 Å². The first kappa shape index (κ1) is 15.5. The van der Waals surface area contributed by atoms with Gasteiger partial charge in [-0.25, -0.2) is 0 Å². The van der Waals surface area contributed by atoms with Crippen LogP contribution in [0.1, 0.15) is 19.3 Å². The number of hydrogen-bond acceptors (Lipinski definition) is 3. The minimum atomic E-state index is -0.0592. The van der Waals surface area contributed by atoms with E-state index in [9.17, 15) is 4.79 Å². The summed E-state index contributed by atoms with van der Waals surface area (Å²) >= 11 is 0. The number of H-pyrrole nitrogens is 1. The Balaban J connectivity index is 0.00000161. The molecule has 1 amide bonds. The fourth-order valence-corrected chi connectivity index (χ4v) is 2.45. The molecule has 2 aromatic rings. The molecule has 1 atom stereocenters. The van der Waals surface area contributed by atoms with Crippen molar-refractivity contribution in [2.75, 3.05) is 11.9 Å². The monoisotopic (exact) mass is 306 g/mol. The smallest absolute Gasteiger partial charge is 0.241 e. The Hall–Kier alpha value is -1.85. The van der Waals surface area contributed by atoms with Crippen LogP contribution in [-0.2, 0) is 4.79 Å². The van der Waals surface area contributed by atoms with Crippen molar-refractivity contribution in [3.05, 3.63) is 36.5 Å². The predicted octanol–water partition coefficient (Wildman–Crippen LogP) is 2.58. The van der Waals surface area contributed by atoms with Crippen LogP contribution in [0.15, 0.2) is 36.5 Å². The molecule has 1 aromatic heterocycles. The van der Waals surface area contributed by atoms with Gasteiger partial charge in [0, 0.05) is 11.9 Å². The van der Waals surface area contributed by atoms with Crippen molar-refractivity contribution in [3.8, 4) is 11.3 Å². The number of nitrogens with zero attached hydrogens (tertiary/aromatic N) is 1. The third-order valence-electron chi connectivity index (χ3n) is 3.59. The third kappa shape index (κ3) is 3.83. The molecular weight excluding hydrogens is 288 g/mol. The van der Waals surface area contributed by atoms with Gasteiger partial charge >= 0.3 is 0 Å². The minimum absolute atomic E-state index is 0. The Labute approximate surface area is 129 Å². The van der Waals surface area contributed by atoms with Gasteiger partial charge in [0.1, 0.15) is 0 Å². The van der Waals surface area contributed by atoms with E-state index in [1.54, 1.807) is 6.20 Å². The number of aromatic nitrogens is 2. The number of anilines is 1. The molecule has 112 valence electrons. The van der Waals surface area contributed by atoms with Crippen LogP contribution in [0.5, 0.6) is 0 Å². The van der Waals surface area contributed by atoms with Crippen molar-refractivity contribution in [3.63, 3.8) is 0 Å². The van der Waals surface area contributed by atoms with Crippen molar-refractivity contribution in [2.45, 2.75) is 25.3 Å². The van der Waals surface area contributed by atoms with Crippen LogP contribution < -0.4 is 10.6 Å². The Bertz CT molecular complexity index is 562. The van der Waals surface area contributed by atoms with E-state index in [0.717, 1.165) is 42.8 Å². The summed E-state index contributed by atoms with van der Waals surface area (Å²) in [4.78, 5) is 12.1. The summed E-state index contributed by atoms with van der Waals surface area (Å²) in [6, 6.07) is 9.62. The zero-order chi connectivity index (χ0) is 13.8. The SMILES string of the molecule is Cl.O=C(Nc1ccc(-c2ccn[nH]2)cc1)C1CCCCN1. The summed E-state index contributed by atoms with van der Waals surface area (Å²) in [5.74, 6) is 0.0546. The molecule has 0 aliphatic carbocycles. The molecule has 1 aromatic carbocycles. The normalized spacial score (nSPS) is 17.8. The van der Waals surface area contributed by atoms with E-state index in [1.165, 1.54) is 0 Å². The molecule has 0 spiro atoms. The molecule has 6 heteroatoms. The molecule has 0 radical (unpaired) electrons. The minimum Gasteiger partial charge on any atom is -0.325 e. The number of hydrogen-bond donors (Lipinski definition) is 3. The van der Waals surface area contributed by atoms with Crippen LogP contribution in [-0.4, -0.2) is 28.7 Å². The van der Waals surface area contributed by atoms with Crippen molar-refractivity contribution in [1.29, 1.82) is 0 Å². The summed E-state index contributed by atoms with van der Waals surface area (Å²) in [6.07, 6.45) is 4.91. The molecule has 1 fully saturated rings. The van der Waals surface area contributed by atoms with Crippen molar-refractivity contribution < 1.29 is 4.79 Å². The van der Waals surface area contributed by atoms with Gasteiger partial charge in [-0.05, 0) is 43.1 Å². The Kier molecular flexibility index (Phi) is 5.36. The number of amides is 1. The number of piperidine rings is 1. The zero-order valence-corrected chi connectivity index (χ0v) is 12.5. The molecule has 2 heterocycles. The molecule has 1 aliphatic heterocycles. The van der Waals surface area contributed by atoms with Crippen LogP contribution in [0.25, 0.3) is 11.3 Å². The highest BCUT2D eigenvalue weighted by atomic mass is 35.5. The molecule has 1 saturated heterocycles. The van der Waals surface area contributed by atoms with Gasteiger partial charge in [0.25, 0.3) is 0 Å². The quantitative estimate of drug-likeness (QED) is 0.816. The number of benzene rings is 1. The Morgan fingerprint density at radius 3 is 2.62 bits per heavy atom. The molecular formula is C15H19ClN4O. The average molecular weight is 307 g/mol. The first-order chi connectivity index (χ1) is 9.83. The van der Waals surface area contributed by atoms with E-state index in [-0.39, 0.29) is 24.4 Å². The lowest BCUT2D eigenvalue weighted by molar-refractivity contribution is -0.118. The molecule has 0 bridgehead atoms. The number of aromatic amines is 1. The van der Waals surface area contributed by atoms with E-state index < -0.39 is 0 Å². The van der Waals surface area contributed by atoms with Gasteiger partial charge in [0.05, 0.1) is 11.7 Å². The first-order valence-electron chi connectivity index (χ1n) is 6.97. The van der Waals surface area contributed by atoms with Crippen LogP contribution >= 0.6 is 12.4 Å². The van der Waals surface area contributed by atoms with Gasteiger partial charge < -0.3 is 10.6 Å². The summed E-state index contributed by atoms with van der Waals surface area (Å²) in [5.41, 5.74) is 2.85. The maximum absolute atomic E-state index is 12.1. The Morgan fingerprint density at radius 2 is 2.00 bits per heavy atom. The van der Waals surface area contributed by atoms with Gasteiger partial charge in [-0.3, -0.25) is 9.89 Å². The second-order valence-electron chi connectivity index (χ2n) is 5.04. The number of carbonyl (C=O) groups excluding carboxylic acids is 1. The highest BCUT2D eigenvalue weighted by Crippen LogP contribution is 2.19. The largest absolute Gasteiger partial charge is 0.325 e. The molecule has 3 N–H and O–H groups in total. The number of halogens is 1. The molecule has 0 saturated carbocycles. The number of nitrogens with one attached hydrogen (secondary N) is 3. The highest BCUT2D eigenvalue weighted by Gasteiger charge is 2.20. The van der Waals surface area contributed by atoms with E-state index in [0.29, 0.717) is 0 Å². The molecule has 1 unspecified atom stereocenters. The lowest BCUT2D eigenvalue weighted by Crippen LogP contribution is -2.43. The van der Waals surface area contributed by atoms with E-state index in [4.69, 9.17) is 0 Å². The van der Waals surface area contributed by atoms with E-state index in [2.05, 4.69) is 20.8 Å². The number of rotatable bonds is 3. The summed E-state index contributed by atoms with van der Waals surface area (Å²) in [6.45, 7) is 0.927. The van der Waals surface area contributed by atoms with Crippen LogP contribution in [0.4, 0.5) is 5.69 Å². The molecule has 1 aliphatic rings. The van der Waals surface area contributed by atoms with Crippen LogP contribution in [0.2, 0.25) is 0 Å². The van der Waals surface area contributed by atoms with Gasteiger partial charge in [-0.15, -0.1) is 12.4 Å². The van der Waals surface area contributed by atoms with Crippen molar-refractivity contribution >= 4 is 24.0 Å². The zero-order valence-electron chi connectivity index (χ0n) is 11.6. The van der Waals surface area contributed by atoms with Crippen molar-refractivity contribution in [2.24, 2.45) is 0 Å². The molecule has 5 nitrogen and oxygen atoms in total. The Morgan fingerprint density at radius 1 is 1.19 bits per heavy atom.